The molecule has 0 bridgehead atoms. The average Bonchev–Trinajstić information content (AvgIpc) is 3.05. The molecule has 144 valence electrons. The van der Waals surface area contributed by atoms with Gasteiger partial charge in [0.1, 0.15) is 0 Å². The lowest BCUT2D eigenvalue weighted by Gasteiger charge is -2.03. The number of alkyl halides is 3. The van der Waals surface area contributed by atoms with Gasteiger partial charge >= 0.3 is 12.1 Å². The molecule has 4 rings (SSSR count). The lowest BCUT2D eigenvalue weighted by Crippen LogP contribution is -2.21. The van der Waals surface area contributed by atoms with Gasteiger partial charge in [-0.15, -0.1) is 0 Å². The van der Waals surface area contributed by atoms with Crippen LogP contribution < -0.4 is 5.43 Å². The summed E-state index contributed by atoms with van der Waals surface area (Å²) in [5.41, 5.74) is 2.81. The molecule has 3 N–H and O–H groups in total. The largest absolute Gasteiger partial charge is 0.490 e. The Hall–Kier alpha value is -3.27. The molecule has 0 aliphatic carbocycles. The molecule has 2 aromatic carbocycles. The number of aromatic amines is 2. The monoisotopic (exact) mass is 407 g/mol. The molecule has 0 unspecified atom stereocenters. The smallest absolute Gasteiger partial charge is 0.475 e. The summed E-state index contributed by atoms with van der Waals surface area (Å²) in [4.78, 5) is 32.7. The third-order valence-corrected chi connectivity index (χ3v) is 4.52. The van der Waals surface area contributed by atoms with Crippen LogP contribution in [0.3, 0.4) is 0 Å². The van der Waals surface area contributed by atoms with Crippen LogP contribution in [0.2, 0.25) is 0 Å². The molecular formula is C18H12F3N3O3S. The van der Waals surface area contributed by atoms with Gasteiger partial charge in [-0.2, -0.15) is 13.2 Å². The van der Waals surface area contributed by atoms with E-state index in [4.69, 9.17) is 9.90 Å². The van der Waals surface area contributed by atoms with Gasteiger partial charge in [0.05, 0.1) is 16.6 Å². The molecule has 28 heavy (non-hydrogen) atoms. The zero-order valence-corrected chi connectivity index (χ0v) is 14.8. The lowest BCUT2D eigenvalue weighted by atomic mass is 10.2. The van der Waals surface area contributed by atoms with Gasteiger partial charge in [0.15, 0.2) is 10.6 Å². The number of carbonyl (C=O) groups is 1. The minimum Gasteiger partial charge on any atom is -0.475 e. The number of hydrogen-bond donors (Lipinski definition) is 3. The summed E-state index contributed by atoms with van der Waals surface area (Å²) in [6.07, 6.45) is -3.41. The van der Waals surface area contributed by atoms with E-state index in [-0.39, 0.29) is 5.43 Å². The van der Waals surface area contributed by atoms with Gasteiger partial charge in [-0.05, 0) is 36.0 Å². The first-order valence-corrected chi connectivity index (χ1v) is 8.60. The number of fused-ring (bicyclic) bond motifs is 2. The highest BCUT2D eigenvalue weighted by Gasteiger charge is 2.38. The van der Waals surface area contributed by atoms with Crippen LogP contribution in [0.15, 0.2) is 69.6 Å². The summed E-state index contributed by atoms with van der Waals surface area (Å²) in [6, 6.07) is 15.2. The highest BCUT2D eigenvalue weighted by Crippen LogP contribution is 2.30. The maximum atomic E-state index is 11.9. The zero-order chi connectivity index (χ0) is 20.3. The van der Waals surface area contributed by atoms with Crippen molar-refractivity contribution in [3.05, 3.63) is 65.0 Å². The predicted octanol–water partition coefficient (Wildman–Crippen LogP) is 4.19. The first kappa shape index (κ1) is 19.5. The molecule has 0 radical (unpaired) electrons. The number of hydrogen-bond acceptors (Lipinski definition) is 4. The molecule has 0 saturated heterocycles. The second-order valence-corrected chi connectivity index (χ2v) is 6.52. The Morgan fingerprint density at radius 3 is 2.46 bits per heavy atom. The molecule has 2 aromatic heterocycles. The number of carboxylic acids is 1. The summed E-state index contributed by atoms with van der Waals surface area (Å²) in [7, 11) is 0. The summed E-state index contributed by atoms with van der Waals surface area (Å²) in [5, 5.41) is 8.63. The number of pyridine rings is 1. The summed E-state index contributed by atoms with van der Waals surface area (Å²) in [6.45, 7) is 0. The molecule has 0 saturated carbocycles. The van der Waals surface area contributed by atoms with Gasteiger partial charge in [0, 0.05) is 22.5 Å². The van der Waals surface area contributed by atoms with Crippen LogP contribution in [0.1, 0.15) is 0 Å². The van der Waals surface area contributed by atoms with Gasteiger partial charge in [0.25, 0.3) is 0 Å². The summed E-state index contributed by atoms with van der Waals surface area (Å²) < 4.78 is 31.7. The molecule has 10 heteroatoms. The van der Waals surface area contributed by atoms with Crippen LogP contribution in [0.5, 0.6) is 0 Å². The Morgan fingerprint density at radius 2 is 1.79 bits per heavy atom. The predicted molar refractivity (Wildman–Crippen MR) is 98.5 cm³/mol. The van der Waals surface area contributed by atoms with Crippen LogP contribution in [0.25, 0.3) is 21.9 Å². The number of aromatic nitrogens is 3. The number of imidazole rings is 1. The van der Waals surface area contributed by atoms with Gasteiger partial charge in [-0.3, -0.25) is 4.79 Å². The molecule has 4 aromatic rings. The molecule has 0 aliphatic heterocycles. The van der Waals surface area contributed by atoms with Crippen molar-refractivity contribution in [3.63, 3.8) is 0 Å². The van der Waals surface area contributed by atoms with E-state index in [9.17, 15) is 18.0 Å². The third kappa shape index (κ3) is 4.34. The van der Waals surface area contributed by atoms with E-state index >= 15 is 0 Å². The van der Waals surface area contributed by atoms with Crippen molar-refractivity contribution in [1.29, 1.82) is 0 Å². The van der Waals surface area contributed by atoms with Gasteiger partial charge in [0.2, 0.25) is 0 Å². The maximum Gasteiger partial charge on any atom is 0.490 e. The maximum absolute atomic E-state index is 11.9. The number of carboxylic acid groups (broad SMARTS) is 1. The van der Waals surface area contributed by atoms with Gasteiger partial charge in [-0.1, -0.05) is 18.2 Å². The number of benzene rings is 2. The first-order valence-electron chi connectivity index (χ1n) is 7.79. The Labute approximate surface area is 159 Å². The zero-order valence-electron chi connectivity index (χ0n) is 13.9. The lowest BCUT2D eigenvalue weighted by molar-refractivity contribution is -0.192. The van der Waals surface area contributed by atoms with Gasteiger partial charge in [-0.25, -0.2) is 9.78 Å². The molecule has 0 spiro atoms. The Balaban J connectivity index is 0.000000279. The molecule has 2 heterocycles. The number of H-pyrrole nitrogens is 2. The van der Waals surface area contributed by atoms with E-state index in [0.717, 1.165) is 26.6 Å². The van der Waals surface area contributed by atoms with E-state index in [1.807, 2.05) is 42.5 Å². The van der Waals surface area contributed by atoms with E-state index in [1.54, 1.807) is 6.20 Å². The normalized spacial score (nSPS) is 11.2. The third-order valence-electron chi connectivity index (χ3n) is 3.57. The van der Waals surface area contributed by atoms with Crippen molar-refractivity contribution in [2.24, 2.45) is 0 Å². The van der Waals surface area contributed by atoms with Crippen molar-refractivity contribution in [1.82, 2.24) is 15.0 Å². The minimum atomic E-state index is -5.08. The van der Waals surface area contributed by atoms with Gasteiger partial charge < -0.3 is 15.1 Å². The molecule has 6 nitrogen and oxygen atoms in total. The fourth-order valence-corrected chi connectivity index (χ4v) is 3.27. The fraction of sp³-hybridized carbons (Fsp3) is 0.0556. The van der Waals surface area contributed by atoms with Crippen LogP contribution >= 0.6 is 11.8 Å². The van der Waals surface area contributed by atoms with Crippen LogP contribution in [-0.2, 0) is 4.79 Å². The standard InChI is InChI=1S/C16H11N3OS.C2HF3O2/c20-13-8-9-17-15-10(13)4-3-7-14(15)21-16-18-11-5-1-2-6-12(11)19-16;3-2(4,5)1(6)7/h1-9H,(H,17,20)(H,18,19);(H,6,7). The minimum absolute atomic E-state index is 0.0239. The van der Waals surface area contributed by atoms with Crippen molar-refractivity contribution < 1.29 is 23.1 Å². The van der Waals surface area contributed by atoms with Crippen molar-refractivity contribution >= 4 is 39.7 Å². The molecular weight excluding hydrogens is 395 g/mol. The second-order valence-electron chi connectivity index (χ2n) is 5.48. The Bertz CT molecular complexity index is 1170. The van der Waals surface area contributed by atoms with Crippen LogP contribution in [0.4, 0.5) is 13.2 Å². The van der Waals surface area contributed by atoms with E-state index < -0.39 is 12.1 Å². The van der Waals surface area contributed by atoms with E-state index in [0.29, 0.717) is 5.39 Å². The Morgan fingerprint density at radius 1 is 1.07 bits per heavy atom. The highest BCUT2D eigenvalue weighted by atomic mass is 32.2. The number of aliphatic carboxylic acids is 1. The topological polar surface area (TPSA) is 98.8 Å². The number of para-hydroxylation sites is 3. The van der Waals surface area contributed by atoms with Crippen LogP contribution in [0, 0.1) is 0 Å². The quantitative estimate of drug-likeness (QED) is 0.463. The second kappa shape index (κ2) is 7.77. The number of nitrogens with one attached hydrogen (secondary N) is 2. The summed E-state index contributed by atoms with van der Waals surface area (Å²) >= 11 is 1.51. The molecule has 0 fully saturated rings. The average molecular weight is 407 g/mol. The Kier molecular flexibility index (Phi) is 5.41. The van der Waals surface area contributed by atoms with Crippen molar-refractivity contribution in [3.8, 4) is 0 Å². The summed E-state index contributed by atoms with van der Waals surface area (Å²) in [5.74, 6) is -2.76. The number of halogens is 3. The molecule has 0 aliphatic rings. The highest BCUT2D eigenvalue weighted by molar-refractivity contribution is 7.99. The van der Waals surface area contributed by atoms with Crippen molar-refractivity contribution in [2.75, 3.05) is 0 Å². The van der Waals surface area contributed by atoms with E-state index in [1.165, 1.54) is 17.8 Å². The van der Waals surface area contributed by atoms with E-state index in [2.05, 4.69) is 15.0 Å². The van der Waals surface area contributed by atoms with Crippen LogP contribution in [-0.4, -0.2) is 32.2 Å². The van der Waals surface area contributed by atoms with Crippen molar-refractivity contribution in [2.45, 2.75) is 16.2 Å². The number of nitrogens with zero attached hydrogens (tertiary/aromatic N) is 1. The SMILES string of the molecule is O=C(O)C(F)(F)F.O=c1cc[nH]c2c(Sc3nc4ccccc4[nH]3)cccc12. The first-order chi connectivity index (χ1) is 13.3. The molecule has 0 amide bonds. The molecule has 0 atom stereocenters. The fourth-order valence-electron chi connectivity index (χ4n) is 2.34. The number of rotatable bonds is 2.